The minimum atomic E-state index is 0.0631. The lowest BCUT2D eigenvalue weighted by Gasteiger charge is -2.29. The summed E-state index contributed by atoms with van der Waals surface area (Å²) < 4.78 is 0. The van der Waals surface area contributed by atoms with Crippen molar-refractivity contribution in [1.82, 2.24) is 0 Å². The highest BCUT2D eigenvalue weighted by molar-refractivity contribution is 5.42. The fourth-order valence-corrected chi connectivity index (χ4v) is 3.24. The summed E-state index contributed by atoms with van der Waals surface area (Å²) in [6.07, 6.45) is 3.18. The van der Waals surface area contributed by atoms with Crippen LogP contribution in [0.3, 0.4) is 0 Å². The highest BCUT2D eigenvalue weighted by Gasteiger charge is 2.37. The van der Waals surface area contributed by atoms with Crippen LogP contribution in [-0.4, -0.2) is 11.7 Å². The number of nitrogens with two attached hydrogens (primary N) is 1. The number of benzene rings is 2. The third-order valence-electron chi connectivity index (χ3n) is 4.33. The Kier molecular flexibility index (Phi) is 3.03. The van der Waals surface area contributed by atoms with Gasteiger partial charge in [-0.3, -0.25) is 0 Å². The Labute approximate surface area is 113 Å². The number of fused-ring (bicyclic) bond motifs is 1. The molecule has 0 radical (unpaired) electrons. The highest BCUT2D eigenvalue weighted by atomic mass is 16.3. The van der Waals surface area contributed by atoms with E-state index in [1.807, 2.05) is 12.1 Å². The molecule has 0 amide bonds. The van der Waals surface area contributed by atoms with Gasteiger partial charge < -0.3 is 10.8 Å². The maximum atomic E-state index is 9.37. The standard InChI is InChI=1S/C17H19NO/c18-12-17(11-13-5-7-15(19)8-6-13)10-9-14-3-1-2-4-16(14)17/h1-8,19H,9-12,18H2. The van der Waals surface area contributed by atoms with E-state index < -0.39 is 0 Å². The van der Waals surface area contributed by atoms with Crippen molar-refractivity contribution >= 4 is 0 Å². The molecule has 3 rings (SSSR count). The van der Waals surface area contributed by atoms with Crippen LogP contribution >= 0.6 is 0 Å². The summed E-state index contributed by atoms with van der Waals surface area (Å²) >= 11 is 0. The summed E-state index contributed by atoms with van der Waals surface area (Å²) in [6.45, 7) is 0.672. The minimum absolute atomic E-state index is 0.0631. The van der Waals surface area contributed by atoms with Crippen LogP contribution in [0.1, 0.15) is 23.1 Å². The molecule has 0 heterocycles. The summed E-state index contributed by atoms with van der Waals surface area (Å²) in [4.78, 5) is 0. The van der Waals surface area contributed by atoms with Crippen LogP contribution < -0.4 is 5.73 Å². The number of aromatic hydroxyl groups is 1. The van der Waals surface area contributed by atoms with Gasteiger partial charge in [0.1, 0.15) is 5.75 Å². The third kappa shape index (κ3) is 2.13. The summed E-state index contributed by atoms with van der Waals surface area (Å²) in [5, 5.41) is 9.37. The first-order valence-corrected chi connectivity index (χ1v) is 6.80. The third-order valence-corrected chi connectivity index (χ3v) is 4.33. The van der Waals surface area contributed by atoms with Crippen LogP contribution in [0, 0.1) is 0 Å². The van der Waals surface area contributed by atoms with Crippen LogP contribution in [0.5, 0.6) is 5.75 Å². The second kappa shape index (κ2) is 4.71. The Morgan fingerprint density at radius 3 is 2.53 bits per heavy atom. The molecule has 0 aliphatic heterocycles. The lowest BCUT2D eigenvalue weighted by Crippen LogP contribution is -2.35. The quantitative estimate of drug-likeness (QED) is 0.883. The zero-order valence-electron chi connectivity index (χ0n) is 11.0. The molecule has 1 atom stereocenters. The minimum Gasteiger partial charge on any atom is -0.508 e. The average molecular weight is 253 g/mol. The van der Waals surface area contributed by atoms with Gasteiger partial charge in [0, 0.05) is 12.0 Å². The van der Waals surface area contributed by atoms with Crippen molar-refractivity contribution in [2.75, 3.05) is 6.54 Å². The van der Waals surface area contributed by atoms with Crippen molar-refractivity contribution in [1.29, 1.82) is 0 Å². The first-order chi connectivity index (χ1) is 9.23. The largest absolute Gasteiger partial charge is 0.508 e. The SMILES string of the molecule is NCC1(Cc2ccc(O)cc2)CCc2ccccc21. The Balaban J connectivity index is 1.95. The second-order valence-corrected chi connectivity index (χ2v) is 5.48. The van der Waals surface area contributed by atoms with Gasteiger partial charge >= 0.3 is 0 Å². The average Bonchev–Trinajstić information content (AvgIpc) is 2.81. The zero-order valence-corrected chi connectivity index (χ0v) is 11.0. The van der Waals surface area contributed by atoms with E-state index in [0.29, 0.717) is 12.3 Å². The number of phenolic OH excluding ortho intramolecular Hbond substituents is 1. The Hall–Kier alpha value is -1.80. The van der Waals surface area contributed by atoms with Gasteiger partial charge in [-0.1, -0.05) is 36.4 Å². The highest BCUT2D eigenvalue weighted by Crippen LogP contribution is 2.40. The van der Waals surface area contributed by atoms with Gasteiger partial charge in [0.05, 0.1) is 0 Å². The summed E-state index contributed by atoms with van der Waals surface area (Å²) in [5.74, 6) is 0.317. The van der Waals surface area contributed by atoms with E-state index in [0.717, 1.165) is 19.3 Å². The smallest absolute Gasteiger partial charge is 0.115 e. The van der Waals surface area contributed by atoms with Gasteiger partial charge in [-0.2, -0.15) is 0 Å². The zero-order chi connectivity index (χ0) is 13.3. The molecule has 0 saturated heterocycles. The van der Waals surface area contributed by atoms with Crippen molar-refractivity contribution < 1.29 is 5.11 Å². The lowest BCUT2D eigenvalue weighted by atomic mass is 9.76. The monoisotopic (exact) mass is 253 g/mol. The normalized spacial score (nSPS) is 21.3. The first-order valence-electron chi connectivity index (χ1n) is 6.80. The van der Waals surface area contributed by atoms with Crippen molar-refractivity contribution in [2.24, 2.45) is 5.73 Å². The molecular weight excluding hydrogens is 234 g/mol. The number of hydrogen-bond acceptors (Lipinski definition) is 2. The van der Waals surface area contributed by atoms with E-state index in [1.54, 1.807) is 12.1 Å². The molecule has 2 aromatic carbocycles. The molecule has 0 aromatic heterocycles. The van der Waals surface area contributed by atoms with Gasteiger partial charge in [-0.05, 0) is 48.1 Å². The fourth-order valence-electron chi connectivity index (χ4n) is 3.24. The molecule has 2 nitrogen and oxygen atoms in total. The molecule has 0 fully saturated rings. The van der Waals surface area contributed by atoms with E-state index >= 15 is 0 Å². The van der Waals surface area contributed by atoms with Crippen molar-refractivity contribution in [3.8, 4) is 5.75 Å². The lowest BCUT2D eigenvalue weighted by molar-refractivity contribution is 0.431. The van der Waals surface area contributed by atoms with Crippen LogP contribution in [0.15, 0.2) is 48.5 Å². The van der Waals surface area contributed by atoms with Gasteiger partial charge in [-0.15, -0.1) is 0 Å². The predicted octanol–water partition coefficient (Wildman–Crippen LogP) is 2.78. The molecule has 1 unspecified atom stereocenters. The summed E-state index contributed by atoms with van der Waals surface area (Å²) in [6, 6.07) is 16.1. The topological polar surface area (TPSA) is 46.2 Å². The molecular formula is C17H19NO. The predicted molar refractivity (Wildman–Crippen MR) is 77.3 cm³/mol. The van der Waals surface area contributed by atoms with Crippen molar-refractivity contribution in [3.05, 3.63) is 65.2 Å². The van der Waals surface area contributed by atoms with E-state index in [9.17, 15) is 5.11 Å². The fraction of sp³-hybridized carbons (Fsp3) is 0.294. The molecule has 98 valence electrons. The van der Waals surface area contributed by atoms with Crippen LogP contribution in [0.25, 0.3) is 0 Å². The molecule has 0 spiro atoms. The molecule has 0 saturated carbocycles. The Morgan fingerprint density at radius 2 is 1.79 bits per heavy atom. The summed E-state index contributed by atoms with van der Waals surface area (Å²) in [5.41, 5.74) is 10.3. The molecule has 3 N–H and O–H groups in total. The molecule has 2 aromatic rings. The van der Waals surface area contributed by atoms with Gasteiger partial charge in [0.2, 0.25) is 0 Å². The van der Waals surface area contributed by atoms with Gasteiger partial charge in [-0.25, -0.2) is 0 Å². The molecule has 1 aliphatic rings. The molecule has 2 heteroatoms. The van der Waals surface area contributed by atoms with E-state index in [4.69, 9.17) is 5.73 Å². The second-order valence-electron chi connectivity index (χ2n) is 5.48. The number of phenols is 1. The maximum absolute atomic E-state index is 9.37. The van der Waals surface area contributed by atoms with Crippen LogP contribution in [0.2, 0.25) is 0 Å². The van der Waals surface area contributed by atoms with Crippen LogP contribution in [-0.2, 0) is 18.3 Å². The first kappa shape index (κ1) is 12.2. The molecule has 0 bridgehead atoms. The number of aryl methyl sites for hydroxylation is 1. The molecule has 1 aliphatic carbocycles. The van der Waals surface area contributed by atoms with Crippen molar-refractivity contribution in [2.45, 2.75) is 24.7 Å². The summed E-state index contributed by atoms with van der Waals surface area (Å²) in [7, 11) is 0. The van der Waals surface area contributed by atoms with E-state index in [1.165, 1.54) is 16.7 Å². The van der Waals surface area contributed by atoms with Crippen LogP contribution in [0.4, 0.5) is 0 Å². The van der Waals surface area contributed by atoms with Gasteiger partial charge in [0.15, 0.2) is 0 Å². The number of hydrogen-bond donors (Lipinski definition) is 2. The maximum Gasteiger partial charge on any atom is 0.115 e. The Bertz CT molecular complexity index is 576. The number of rotatable bonds is 3. The van der Waals surface area contributed by atoms with E-state index in [2.05, 4.69) is 24.3 Å². The van der Waals surface area contributed by atoms with E-state index in [-0.39, 0.29) is 5.41 Å². The van der Waals surface area contributed by atoms with Gasteiger partial charge in [0.25, 0.3) is 0 Å². The molecule has 19 heavy (non-hydrogen) atoms. The van der Waals surface area contributed by atoms with Crippen molar-refractivity contribution in [3.63, 3.8) is 0 Å². The Morgan fingerprint density at radius 1 is 1.05 bits per heavy atom.